The Labute approximate surface area is 210 Å². The smallest absolute Gasteiger partial charge is 0.0450 e. The largest absolute Gasteiger partial charge is 0.0840 e. The molecule has 0 saturated carbocycles. The van der Waals surface area contributed by atoms with Crippen LogP contribution in [-0.4, -0.2) is 9.52 Å². The Balaban J connectivity index is 1.45. The van der Waals surface area contributed by atoms with Gasteiger partial charge in [-0.05, 0) is 49.3 Å². The van der Waals surface area contributed by atoms with Crippen LogP contribution >= 0.6 is 0 Å². The van der Waals surface area contributed by atoms with Crippen molar-refractivity contribution in [1.29, 1.82) is 0 Å². The lowest BCUT2D eigenvalue weighted by molar-refractivity contribution is 0.529. The molecule has 0 N–H and O–H groups in total. The first-order chi connectivity index (χ1) is 16.1. The van der Waals surface area contributed by atoms with Crippen molar-refractivity contribution in [1.82, 2.24) is 0 Å². The molecule has 0 saturated heterocycles. The van der Waals surface area contributed by atoms with E-state index >= 15 is 0 Å². The fraction of sp³-hybridized carbons (Fsp3) is 0.750. The summed E-state index contributed by atoms with van der Waals surface area (Å²) >= 11 is 0. The molecule has 0 nitrogen and oxygen atoms in total. The second kappa shape index (κ2) is 16.7. The predicted octanol–water partition coefficient (Wildman–Crippen LogP) is 10.6. The average Bonchev–Trinajstić information content (AvgIpc) is 3.06. The molecule has 0 spiro atoms. The van der Waals surface area contributed by atoms with E-state index in [1.54, 1.807) is 16.7 Å². The lowest BCUT2D eigenvalue weighted by Crippen LogP contribution is -2.20. The van der Waals surface area contributed by atoms with Gasteiger partial charge in [0.25, 0.3) is 0 Å². The van der Waals surface area contributed by atoms with Crippen molar-refractivity contribution in [2.45, 2.75) is 154 Å². The van der Waals surface area contributed by atoms with E-state index in [1.165, 1.54) is 116 Å². The van der Waals surface area contributed by atoms with Crippen molar-refractivity contribution in [3.8, 4) is 0 Å². The Bertz CT molecular complexity index is 649. The summed E-state index contributed by atoms with van der Waals surface area (Å²) in [5.41, 5.74) is 5.88. The molecule has 0 fully saturated rings. The normalized spacial score (nSPS) is 22.8. The molecule has 2 rings (SSSR count). The minimum absolute atomic E-state index is 0.202. The van der Waals surface area contributed by atoms with Crippen LogP contribution in [-0.2, 0) is 0 Å². The Morgan fingerprint density at radius 2 is 1.27 bits per heavy atom. The molecule has 0 aromatic heterocycles. The van der Waals surface area contributed by atoms with Gasteiger partial charge in [-0.25, -0.2) is 0 Å². The zero-order chi connectivity index (χ0) is 23.8. The van der Waals surface area contributed by atoms with Gasteiger partial charge >= 0.3 is 0 Å². The molecule has 188 valence electrons. The predicted molar refractivity (Wildman–Crippen MR) is 154 cm³/mol. The Morgan fingerprint density at radius 1 is 0.758 bits per heavy atom. The molecule has 0 heterocycles. The monoisotopic (exact) mass is 468 g/mol. The number of hydrogen-bond donors (Lipinski definition) is 0. The zero-order valence-corrected chi connectivity index (χ0v) is 24.3. The third-order valence-corrected chi connectivity index (χ3v) is 11.4. The maximum atomic E-state index is 2.56. The van der Waals surface area contributed by atoms with Gasteiger partial charge in [-0.3, -0.25) is 0 Å². The van der Waals surface area contributed by atoms with Crippen LogP contribution < -0.4 is 0 Å². The maximum absolute atomic E-state index is 2.56. The van der Waals surface area contributed by atoms with Crippen LogP contribution in [0.3, 0.4) is 0 Å². The van der Waals surface area contributed by atoms with Crippen molar-refractivity contribution in [2.24, 2.45) is 0 Å². The molecule has 0 aliphatic heterocycles. The summed E-state index contributed by atoms with van der Waals surface area (Å²) in [5.74, 6) is 0. The number of unbranched alkanes of at least 4 members (excludes halogenated alkanes) is 15. The Hall–Kier alpha value is -0.823. The molecule has 0 aromatic rings. The first-order valence-electron chi connectivity index (χ1n) is 14.8. The van der Waals surface area contributed by atoms with E-state index in [0.717, 1.165) is 5.54 Å². The van der Waals surface area contributed by atoms with E-state index in [-0.39, 0.29) is 9.52 Å². The average molecular weight is 469 g/mol. The van der Waals surface area contributed by atoms with Gasteiger partial charge in [-0.15, -0.1) is 0 Å². The van der Waals surface area contributed by atoms with E-state index in [0.29, 0.717) is 5.04 Å². The zero-order valence-electron chi connectivity index (χ0n) is 22.9. The molecule has 1 heteroatoms. The molecule has 0 bridgehead atoms. The second-order valence-electron chi connectivity index (χ2n) is 11.6. The van der Waals surface area contributed by atoms with Crippen LogP contribution in [0.5, 0.6) is 0 Å². The van der Waals surface area contributed by atoms with Gasteiger partial charge in [0.05, 0.1) is 0 Å². The van der Waals surface area contributed by atoms with Crippen LogP contribution in [0.25, 0.3) is 0 Å². The molecule has 2 unspecified atom stereocenters. The fourth-order valence-corrected chi connectivity index (χ4v) is 8.44. The Kier molecular flexibility index (Phi) is 14.4. The third kappa shape index (κ3) is 11.4. The molecule has 0 aromatic carbocycles. The van der Waals surface area contributed by atoms with Crippen molar-refractivity contribution >= 4 is 9.52 Å². The van der Waals surface area contributed by atoms with Crippen LogP contribution in [0, 0.1) is 0 Å². The highest BCUT2D eigenvalue weighted by Gasteiger charge is 2.31. The van der Waals surface area contributed by atoms with Crippen molar-refractivity contribution < 1.29 is 0 Å². The van der Waals surface area contributed by atoms with E-state index < -0.39 is 0 Å². The van der Waals surface area contributed by atoms with Gasteiger partial charge in [0.2, 0.25) is 0 Å². The van der Waals surface area contributed by atoms with Gasteiger partial charge in [0.1, 0.15) is 0 Å². The topological polar surface area (TPSA) is 0 Å². The van der Waals surface area contributed by atoms with Crippen molar-refractivity contribution in [3.05, 3.63) is 47.1 Å². The molecule has 0 radical (unpaired) electrons. The molecule has 2 aliphatic rings. The summed E-state index contributed by atoms with van der Waals surface area (Å²) in [6, 6.07) is 0. The number of hydrogen-bond acceptors (Lipinski definition) is 0. The summed E-state index contributed by atoms with van der Waals surface area (Å²) in [4.78, 5) is 0. The quantitative estimate of drug-likeness (QED) is 0.131. The van der Waals surface area contributed by atoms with Gasteiger partial charge in [0.15, 0.2) is 0 Å². The van der Waals surface area contributed by atoms with E-state index in [2.05, 4.69) is 58.1 Å². The summed E-state index contributed by atoms with van der Waals surface area (Å²) in [6.07, 6.45) is 37.7. The van der Waals surface area contributed by atoms with Crippen LogP contribution in [0.4, 0.5) is 0 Å². The molecule has 0 amide bonds. The maximum Gasteiger partial charge on any atom is 0.0450 e. The van der Waals surface area contributed by atoms with Gasteiger partial charge in [0, 0.05) is 9.52 Å². The summed E-state index contributed by atoms with van der Waals surface area (Å²) in [6.45, 7) is 9.64. The fourth-order valence-electron chi connectivity index (χ4n) is 5.89. The standard InChI is InChI=1S/C32H56Si/c1-5-6-7-8-9-10-11-12-13-14-15-16-17-18-19-21-24-30-27-28(2)31(29(30)3)33-32(4)25-22-20-23-26-32/h20,22-23,25,27,31H,5-19,21,24,26,33H2,1-4H3. The van der Waals surface area contributed by atoms with E-state index in [1.807, 2.05) is 0 Å². The first kappa shape index (κ1) is 28.4. The van der Waals surface area contributed by atoms with Crippen molar-refractivity contribution in [3.63, 3.8) is 0 Å². The minimum Gasteiger partial charge on any atom is -0.0840 e. The van der Waals surface area contributed by atoms with Crippen molar-refractivity contribution in [2.75, 3.05) is 0 Å². The number of allylic oxidation sites excluding steroid dienone is 8. The van der Waals surface area contributed by atoms with E-state index in [9.17, 15) is 0 Å². The third-order valence-electron chi connectivity index (χ3n) is 8.28. The molecular weight excluding hydrogens is 412 g/mol. The lowest BCUT2D eigenvalue weighted by atomic mass is 10.0. The van der Waals surface area contributed by atoms with E-state index in [4.69, 9.17) is 0 Å². The highest BCUT2D eigenvalue weighted by molar-refractivity contribution is 6.45. The summed E-state index contributed by atoms with van der Waals surface area (Å²) in [7, 11) is -0.202. The van der Waals surface area contributed by atoms with Gasteiger partial charge in [-0.2, -0.15) is 0 Å². The second-order valence-corrected chi connectivity index (χ2v) is 14.4. The molecule has 2 aliphatic carbocycles. The summed E-state index contributed by atoms with van der Waals surface area (Å²) in [5, 5.41) is 0.472. The highest BCUT2D eigenvalue weighted by atomic mass is 28.2. The molecular formula is C32H56Si. The molecule has 2 atom stereocenters. The van der Waals surface area contributed by atoms with Gasteiger partial charge < -0.3 is 0 Å². The lowest BCUT2D eigenvalue weighted by Gasteiger charge is -2.30. The minimum atomic E-state index is -0.202. The molecule has 33 heavy (non-hydrogen) atoms. The SMILES string of the molecule is CCCCCCCCCCCCCCCCCCC1=C(C)C([SiH2]C2(C)C=CC=CC2)C(C)=C1. The first-order valence-corrected chi connectivity index (χ1v) is 16.3. The Morgan fingerprint density at radius 3 is 1.76 bits per heavy atom. The van der Waals surface area contributed by atoms with Crippen LogP contribution in [0.15, 0.2) is 47.1 Å². The van der Waals surface area contributed by atoms with Gasteiger partial charge in [-0.1, -0.05) is 152 Å². The van der Waals surface area contributed by atoms with Crippen LogP contribution in [0.1, 0.15) is 143 Å². The summed E-state index contributed by atoms with van der Waals surface area (Å²) < 4.78 is 0. The van der Waals surface area contributed by atoms with Crippen LogP contribution in [0.2, 0.25) is 10.6 Å². The highest BCUT2D eigenvalue weighted by Crippen LogP contribution is 2.45. The number of rotatable bonds is 19.